The van der Waals surface area contributed by atoms with E-state index in [1.54, 1.807) is 13.8 Å². The maximum absolute atomic E-state index is 13.1. The van der Waals surface area contributed by atoms with E-state index >= 15 is 0 Å². The second-order valence-corrected chi connectivity index (χ2v) is 3.89. The van der Waals surface area contributed by atoms with Crippen LogP contribution >= 0.6 is 11.6 Å². The number of carbonyl (C=O) groups excluding carboxylic acids is 1. The first-order valence-electron chi connectivity index (χ1n) is 4.58. The average molecular weight is 231 g/mol. The van der Waals surface area contributed by atoms with Crippen molar-refractivity contribution in [2.45, 2.75) is 26.9 Å². The number of hydrogen-bond acceptors (Lipinski definition) is 2. The van der Waals surface area contributed by atoms with E-state index in [0.29, 0.717) is 5.56 Å². The van der Waals surface area contributed by atoms with Gasteiger partial charge < -0.3 is 4.74 Å². The fourth-order valence-electron chi connectivity index (χ4n) is 1.16. The quantitative estimate of drug-likeness (QED) is 0.744. The molecule has 0 spiro atoms. The van der Waals surface area contributed by atoms with E-state index < -0.39 is 5.82 Å². The molecule has 0 aliphatic rings. The Bertz CT molecular complexity index is 388. The van der Waals surface area contributed by atoms with Gasteiger partial charge in [0.1, 0.15) is 11.6 Å². The number of carbonyl (C=O) groups is 1. The SMILES string of the molecule is CC(=O)c1cc(Cl)c(F)cc1OC(C)C. The number of benzene rings is 1. The summed E-state index contributed by atoms with van der Waals surface area (Å²) in [6.45, 7) is 4.99. The number of ketones is 1. The van der Waals surface area contributed by atoms with Crippen LogP contribution in [0.1, 0.15) is 31.1 Å². The predicted molar refractivity (Wildman–Crippen MR) is 57.2 cm³/mol. The number of ether oxygens (including phenoxy) is 1. The summed E-state index contributed by atoms with van der Waals surface area (Å²) in [6, 6.07) is 2.43. The van der Waals surface area contributed by atoms with E-state index in [-0.39, 0.29) is 22.7 Å². The lowest BCUT2D eigenvalue weighted by atomic mass is 10.1. The molecule has 1 aromatic carbocycles. The highest BCUT2D eigenvalue weighted by molar-refractivity contribution is 6.31. The predicted octanol–water partition coefficient (Wildman–Crippen LogP) is 3.47. The highest BCUT2D eigenvalue weighted by Crippen LogP contribution is 2.27. The summed E-state index contributed by atoms with van der Waals surface area (Å²) in [5.41, 5.74) is 0.301. The van der Waals surface area contributed by atoms with E-state index in [4.69, 9.17) is 16.3 Å². The number of hydrogen-bond donors (Lipinski definition) is 0. The molecule has 0 amide bonds. The van der Waals surface area contributed by atoms with Crippen molar-refractivity contribution in [3.63, 3.8) is 0 Å². The zero-order valence-electron chi connectivity index (χ0n) is 8.80. The molecule has 0 bridgehead atoms. The van der Waals surface area contributed by atoms with Crippen LogP contribution in [-0.2, 0) is 0 Å². The van der Waals surface area contributed by atoms with Crippen molar-refractivity contribution in [1.82, 2.24) is 0 Å². The van der Waals surface area contributed by atoms with Gasteiger partial charge in [0.05, 0.1) is 16.7 Å². The van der Waals surface area contributed by atoms with Gasteiger partial charge in [0.25, 0.3) is 0 Å². The maximum Gasteiger partial charge on any atom is 0.163 e. The van der Waals surface area contributed by atoms with Gasteiger partial charge in [-0.05, 0) is 26.8 Å². The molecule has 1 rings (SSSR count). The molecule has 0 aliphatic carbocycles. The minimum absolute atomic E-state index is 0.0729. The Labute approximate surface area is 93.0 Å². The van der Waals surface area contributed by atoms with Crippen molar-refractivity contribution < 1.29 is 13.9 Å². The van der Waals surface area contributed by atoms with Crippen molar-refractivity contribution in [2.75, 3.05) is 0 Å². The lowest BCUT2D eigenvalue weighted by Crippen LogP contribution is -2.09. The van der Waals surface area contributed by atoms with Crippen LogP contribution in [0.15, 0.2) is 12.1 Å². The molecule has 0 heterocycles. The van der Waals surface area contributed by atoms with Crippen LogP contribution in [0.2, 0.25) is 5.02 Å². The molecule has 0 N–H and O–H groups in total. The first kappa shape index (κ1) is 12.0. The zero-order valence-corrected chi connectivity index (χ0v) is 9.56. The van der Waals surface area contributed by atoms with Gasteiger partial charge in [-0.3, -0.25) is 4.79 Å². The summed E-state index contributed by atoms with van der Waals surface area (Å²) in [5, 5.41) is -0.0729. The largest absolute Gasteiger partial charge is 0.490 e. The summed E-state index contributed by atoms with van der Waals surface area (Å²) in [5.74, 6) is -0.552. The Balaban J connectivity index is 3.22. The molecule has 0 saturated carbocycles. The molecule has 0 radical (unpaired) electrons. The molecular formula is C11H12ClFO2. The molecule has 0 aliphatic heterocycles. The van der Waals surface area contributed by atoms with Crippen molar-refractivity contribution >= 4 is 17.4 Å². The summed E-state index contributed by atoms with van der Waals surface area (Å²) >= 11 is 5.58. The van der Waals surface area contributed by atoms with Crippen LogP contribution in [-0.4, -0.2) is 11.9 Å². The molecular weight excluding hydrogens is 219 g/mol. The Kier molecular flexibility index (Phi) is 3.69. The van der Waals surface area contributed by atoms with E-state index in [1.165, 1.54) is 13.0 Å². The van der Waals surface area contributed by atoms with Crippen LogP contribution in [0, 0.1) is 5.82 Å². The van der Waals surface area contributed by atoms with Gasteiger partial charge in [-0.25, -0.2) is 4.39 Å². The lowest BCUT2D eigenvalue weighted by Gasteiger charge is -2.13. The first-order valence-corrected chi connectivity index (χ1v) is 4.96. The summed E-state index contributed by atoms with van der Waals surface area (Å²) in [6.07, 6.45) is -0.122. The Hall–Kier alpha value is -1.09. The monoisotopic (exact) mass is 230 g/mol. The van der Waals surface area contributed by atoms with Gasteiger partial charge in [-0.2, -0.15) is 0 Å². The molecule has 0 fully saturated rings. The van der Waals surface area contributed by atoms with Crippen LogP contribution < -0.4 is 4.74 Å². The standard InChI is InChI=1S/C11H12ClFO2/c1-6(2)15-11-5-10(13)9(12)4-8(11)7(3)14/h4-6H,1-3H3. The van der Waals surface area contributed by atoms with Crippen molar-refractivity contribution in [1.29, 1.82) is 0 Å². The summed E-state index contributed by atoms with van der Waals surface area (Å²) in [4.78, 5) is 11.3. The van der Waals surface area contributed by atoms with E-state index in [9.17, 15) is 9.18 Å². The highest BCUT2D eigenvalue weighted by Gasteiger charge is 2.14. The molecule has 82 valence electrons. The lowest BCUT2D eigenvalue weighted by molar-refractivity contribution is 0.101. The minimum atomic E-state index is -0.586. The van der Waals surface area contributed by atoms with Crippen LogP contribution in [0.25, 0.3) is 0 Å². The molecule has 15 heavy (non-hydrogen) atoms. The Morgan fingerprint density at radius 1 is 1.47 bits per heavy atom. The molecule has 1 aromatic rings. The smallest absolute Gasteiger partial charge is 0.163 e. The molecule has 0 atom stereocenters. The first-order chi connectivity index (χ1) is 6.91. The van der Waals surface area contributed by atoms with Gasteiger partial charge >= 0.3 is 0 Å². The van der Waals surface area contributed by atoms with Gasteiger partial charge in [0.2, 0.25) is 0 Å². The van der Waals surface area contributed by atoms with E-state index in [0.717, 1.165) is 6.07 Å². The molecule has 4 heteroatoms. The number of rotatable bonds is 3. The van der Waals surface area contributed by atoms with Gasteiger partial charge in [0, 0.05) is 6.07 Å². The van der Waals surface area contributed by atoms with Gasteiger partial charge in [-0.15, -0.1) is 0 Å². The van der Waals surface area contributed by atoms with Crippen LogP contribution in [0.4, 0.5) is 4.39 Å². The van der Waals surface area contributed by atoms with Gasteiger partial charge in [0.15, 0.2) is 5.78 Å². The molecule has 0 aromatic heterocycles. The maximum atomic E-state index is 13.1. The second-order valence-electron chi connectivity index (χ2n) is 3.49. The van der Waals surface area contributed by atoms with Crippen LogP contribution in [0.5, 0.6) is 5.75 Å². The highest BCUT2D eigenvalue weighted by atomic mass is 35.5. The van der Waals surface area contributed by atoms with Crippen molar-refractivity contribution in [2.24, 2.45) is 0 Å². The second kappa shape index (κ2) is 4.62. The third-order valence-corrected chi connectivity index (χ3v) is 2.05. The molecule has 0 saturated heterocycles. The van der Waals surface area contributed by atoms with Gasteiger partial charge in [-0.1, -0.05) is 11.6 Å². The molecule has 2 nitrogen and oxygen atoms in total. The topological polar surface area (TPSA) is 26.3 Å². The molecule has 0 unspecified atom stereocenters. The summed E-state index contributed by atoms with van der Waals surface area (Å²) in [7, 11) is 0. The Morgan fingerprint density at radius 2 is 2.07 bits per heavy atom. The minimum Gasteiger partial charge on any atom is -0.490 e. The number of Topliss-reactive ketones (excluding diaryl/α,β-unsaturated/α-hetero) is 1. The van der Waals surface area contributed by atoms with E-state index in [1.807, 2.05) is 0 Å². The number of halogens is 2. The third-order valence-electron chi connectivity index (χ3n) is 1.76. The Morgan fingerprint density at radius 3 is 2.53 bits per heavy atom. The van der Waals surface area contributed by atoms with Crippen LogP contribution in [0.3, 0.4) is 0 Å². The normalized spacial score (nSPS) is 10.5. The fraction of sp³-hybridized carbons (Fsp3) is 0.364. The zero-order chi connectivity index (χ0) is 11.6. The summed E-state index contributed by atoms with van der Waals surface area (Å²) < 4.78 is 18.5. The fourth-order valence-corrected chi connectivity index (χ4v) is 1.32. The van der Waals surface area contributed by atoms with Crippen molar-refractivity contribution in [3.05, 3.63) is 28.5 Å². The van der Waals surface area contributed by atoms with E-state index in [2.05, 4.69) is 0 Å². The van der Waals surface area contributed by atoms with Crippen molar-refractivity contribution in [3.8, 4) is 5.75 Å². The third kappa shape index (κ3) is 2.93. The average Bonchev–Trinajstić information content (AvgIpc) is 2.09.